The Morgan fingerprint density at radius 1 is 1.32 bits per heavy atom. The molecule has 2 N–H and O–H groups in total. The number of nitrogens with zero attached hydrogens (tertiary/aromatic N) is 6. The largest absolute Gasteiger partial charge is 0.480 e. The van der Waals surface area contributed by atoms with Crippen molar-refractivity contribution in [3.8, 4) is 11.4 Å². The Hall–Kier alpha value is -4.02. The second-order valence-corrected chi connectivity index (χ2v) is 6.09. The summed E-state index contributed by atoms with van der Waals surface area (Å²) in [5.74, 6) is -0.988. The number of benzene rings is 1. The summed E-state index contributed by atoms with van der Waals surface area (Å²) in [7, 11) is 1.77. The molecular weight excluding hydrogens is 366 g/mol. The third-order valence-corrected chi connectivity index (χ3v) is 4.21. The van der Waals surface area contributed by atoms with Gasteiger partial charge in [0.25, 0.3) is 5.95 Å². The molecule has 0 amide bonds. The highest BCUT2D eigenvalue weighted by Crippen LogP contribution is 2.28. The van der Waals surface area contributed by atoms with Crippen LogP contribution in [-0.4, -0.2) is 35.6 Å². The number of H-pyrrole nitrogens is 1. The second-order valence-electron chi connectivity index (χ2n) is 6.09. The summed E-state index contributed by atoms with van der Waals surface area (Å²) in [5, 5.41) is 24.0. The molecule has 4 rings (SSSR count). The molecule has 4 aromatic rings. The van der Waals surface area contributed by atoms with Crippen molar-refractivity contribution in [2.75, 3.05) is 0 Å². The number of azo groups is 1. The highest BCUT2D eigenvalue weighted by atomic mass is 16.5. The number of carboxylic acids is 1. The highest BCUT2D eigenvalue weighted by Gasteiger charge is 2.18. The lowest BCUT2D eigenvalue weighted by atomic mass is 10.2. The van der Waals surface area contributed by atoms with Gasteiger partial charge in [-0.15, -0.1) is 10.2 Å². The maximum Gasteiger partial charge on any atom is 0.385 e. The van der Waals surface area contributed by atoms with E-state index in [0.717, 1.165) is 5.69 Å². The molecule has 0 atom stereocenters. The van der Waals surface area contributed by atoms with Gasteiger partial charge in [0, 0.05) is 12.7 Å². The number of nitrogens with one attached hydrogen (secondary N) is 1. The summed E-state index contributed by atoms with van der Waals surface area (Å²) in [5.41, 5.74) is 2.00. The van der Waals surface area contributed by atoms with Crippen molar-refractivity contribution in [2.24, 2.45) is 17.3 Å². The monoisotopic (exact) mass is 381 g/mol. The number of carbonyl (C=O) groups is 1. The van der Waals surface area contributed by atoms with E-state index in [1.165, 1.54) is 4.57 Å². The highest BCUT2D eigenvalue weighted by molar-refractivity contribution is 5.80. The van der Waals surface area contributed by atoms with Crippen LogP contribution in [0.3, 0.4) is 0 Å². The van der Waals surface area contributed by atoms with Gasteiger partial charge in [0.1, 0.15) is 17.9 Å². The Morgan fingerprint density at radius 3 is 2.82 bits per heavy atom. The van der Waals surface area contributed by atoms with E-state index in [2.05, 4.69) is 25.5 Å². The first kappa shape index (κ1) is 17.4. The number of fused-ring (bicyclic) bond motifs is 1. The van der Waals surface area contributed by atoms with Crippen LogP contribution >= 0.6 is 0 Å². The molecule has 0 saturated heterocycles. The molecule has 3 heterocycles. The maximum absolute atomic E-state index is 12.1. The lowest BCUT2D eigenvalue weighted by Gasteiger charge is -2.01. The van der Waals surface area contributed by atoms with Gasteiger partial charge in [-0.1, -0.05) is 12.1 Å². The summed E-state index contributed by atoms with van der Waals surface area (Å²) in [6, 6.07) is 8.78. The van der Waals surface area contributed by atoms with Crippen LogP contribution in [-0.2, 0) is 18.4 Å². The SMILES string of the molecule is Cc1cc(-c2[nH]oc(=O)c2N=Nc2nc3ccccc3n2CC(=O)O)nn1C. The van der Waals surface area contributed by atoms with Crippen molar-refractivity contribution in [1.82, 2.24) is 24.5 Å². The predicted molar refractivity (Wildman–Crippen MR) is 97.8 cm³/mol. The van der Waals surface area contributed by atoms with E-state index in [0.29, 0.717) is 16.7 Å². The number of rotatable bonds is 5. The zero-order valence-corrected chi connectivity index (χ0v) is 14.9. The molecule has 0 aliphatic heterocycles. The Kier molecular flexibility index (Phi) is 4.11. The lowest BCUT2D eigenvalue weighted by molar-refractivity contribution is -0.137. The van der Waals surface area contributed by atoms with Gasteiger partial charge in [0.2, 0.25) is 5.69 Å². The van der Waals surface area contributed by atoms with Crippen molar-refractivity contribution >= 4 is 28.6 Å². The summed E-state index contributed by atoms with van der Waals surface area (Å²) in [6.45, 7) is 1.52. The van der Waals surface area contributed by atoms with Gasteiger partial charge in [-0.25, -0.2) is 14.9 Å². The van der Waals surface area contributed by atoms with E-state index >= 15 is 0 Å². The summed E-state index contributed by atoms with van der Waals surface area (Å²) >= 11 is 0. The third-order valence-electron chi connectivity index (χ3n) is 4.21. The number of aromatic amines is 1. The lowest BCUT2D eigenvalue weighted by Crippen LogP contribution is -2.08. The minimum absolute atomic E-state index is 0.0624. The van der Waals surface area contributed by atoms with Gasteiger partial charge in [-0.2, -0.15) is 5.10 Å². The molecule has 0 aliphatic rings. The fourth-order valence-corrected chi connectivity index (χ4v) is 2.77. The van der Waals surface area contributed by atoms with Crippen LogP contribution in [0, 0.1) is 6.92 Å². The molecule has 0 radical (unpaired) electrons. The summed E-state index contributed by atoms with van der Waals surface area (Å²) in [4.78, 5) is 27.6. The Bertz CT molecular complexity index is 1250. The molecule has 0 unspecified atom stereocenters. The number of imidazole rings is 1. The fraction of sp³-hybridized carbons (Fsp3) is 0.176. The van der Waals surface area contributed by atoms with Gasteiger partial charge in [0.15, 0.2) is 0 Å². The van der Waals surface area contributed by atoms with Crippen LogP contribution in [0.15, 0.2) is 49.9 Å². The Labute approximate surface area is 156 Å². The van der Waals surface area contributed by atoms with Gasteiger partial charge in [-0.05, 0) is 25.1 Å². The van der Waals surface area contributed by atoms with Crippen LogP contribution in [0.25, 0.3) is 22.4 Å². The average Bonchev–Trinajstić information content (AvgIpc) is 3.30. The van der Waals surface area contributed by atoms with Crippen molar-refractivity contribution in [3.05, 3.63) is 46.4 Å². The van der Waals surface area contributed by atoms with Gasteiger partial charge >= 0.3 is 11.6 Å². The number of aryl methyl sites for hydroxylation is 2. The molecule has 28 heavy (non-hydrogen) atoms. The first-order chi connectivity index (χ1) is 13.4. The van der Waals surface area contributed by atoms with E-state index in [4.69, 9.17) is 4.52 Å². The smallest absolute Gasteiger partial charge is 0.385 e. The average molecular weight is 381 g/mol. The number of hydrogen-bond donors (Lipinski definition) is 2. The molecule has 3 aromatic heterocycles. The van der Waals surface area contributed by atoms with E-state index in [1.54, 1.807) is 42.1 Å². The van der Waals surface area contributed by atoms with Crippen molar-refractivity contribution in [2.45, 2.75) is 13.5 Å². The maximum atomic E-state index is 12.1. The van der Waals surface area contributed by atoms with Crippen LogP contribution in [0.5, 0.6) is 0 Å². The van der Waals surface area contributed by atoms with Crippen LogP contribution in [0.2, 0.25) is 0 Å². The van der Waals surface area contributed by atoms with Crippen LogP contribution in [0.1, 0.15) is 5.69 Å². The number of carboxylic acid groups (broad SMARTS) is 1. The number of aromatic nitrogens is 5. The van der Waals surface area contributed by atoms with E-state index in [1.807, 2.05) is 6.92 Å². The fourth-order valence-electron chi connectivity index (χ4n) is 2.77. The first-order valence-electron chi connectivity index (χ1n) is 8.25. The minimum Gasteiger partial charge on any atom is -0.480 e. The molecule has 0 fully saturated rings. The zero-order valence-electron chi connectivity index (χ0n) is 14.9. The molecule has 0 bridgehead atoms. The molecule has 11 nitrogen and oxygen atoms in total. The first-order valence-corrected chi connectivity index (χ1v) is 8.25. The zero-order chi connectivity index (χ0) is 19.8. The minimum atomic E-state index is -1.05. The molecule has 11 heteroatoms. The van der Waals surface area contributed by atoms with Gasteiger partial charge in [-0.3, -0.25) is 14.0 Å². The number of para-hydroxylation sites is 2. The Morgan fingerprint density at radius 2 is 2.11 bits per heavy atom. The Balaban J connectivity index is 1.79. The second kappa shape index (κ2) is 6.61. The molecule has 142 valence electrons. The van der Waals surface area contributed by atoms with Gasteiger partial charge < -0.3 is 9.63 Å². The van der Waals surface area contributed by atoms with E-state index in [9.17, 15) is 14.7 Å². The predicted octanol–water partition coefficient (Wildman–Crippen LogP) is 2.53. The molecule has 0 aliphatic carbocycles. The van der Waals surface area contributed by atoms with E-state index < -0.39 is 11.6 Å². The van der Waals surface area contributed by atoms with Crippen LogP contribution in [0.4, 0.5) is 11.6 Å². The third kappa shape index (κ3) is 2.98. The summed E-state index contributed by atoms with van der Waals surface area (Å²) < 4.78 is 7.89. The van der Waals surface area contributed by atoms with Crippen molar-refractivity contribution < 1.29 is 14.4 Å². The number of aliphatic carboxylic acids is 1. The summed E-state index contributed by atoms with van der Waals surface area (Å²) in [6.07, 6.45) is 0. The topological polar surface area (TPSA) is 144 Å². The standard InChI is InChI=1S/C17H15N7O4/c1-9-7-11(21-23(9)2)14-15(16(27)28-22-14)19-20-17-18-10-5-3-4-6-12(10)24(17)8-13(25)26/h3-7,22H,8H2,1-2H3,(H,25,26). The van der Waals surface area contributed by atoms with E-state index in [-0.39, 0.29) is 23.9 Å². The van der Waals surface area contributed by atoms with Crippen LogP contribution < -0.4 is 5.63 Å². The van der Waals surface area contributed by atoms with Crippen molar-refractivity contribution in [3.63, 3.8) is 0 Å². The van der Waals surface area contributed by atoms with Gasteiger partial charge in [0.05, 0.1) is 11.0 Å². The number of hydrogen-bond acceptors (Lipinski definition) is 7. The van der Waals surface area contributed by atoms with Crippen molar-refractivity contribution in [1.29, 1.82) is 0 Å². The quantitative estimate of drug-likeness (QED) is 0.508. The molecule has 0 spiro atoms. The molecule has 0 saturated carbocycles. The molecule has 1 aromatic carbocycles. The molecular formula is C17H15N7O4. The normalized spacial score (nSPS) is 11.6.